The lowest BCUT2D eigenvalue weighted by Gasteiger charge is -2.23. The number of halogens is 1. The van der Waals surface area contributed by atoms with Gasteiger partial charge in [-0.2, -0.15) is 11.8 Å². The van der Waals surface area contributed by atoms with Crippen LogP contribution >= 0.6 is 24.2 Å². The number of carbonyl (C=O) groups is 1. The van der Waals surface area contributed by atoms with E-state index >= 15 is 0 Å². The number of nitrogens with one attached hydrogen (secondary N) is 1. The molecule has 0 spiro atoms. The zero-order valence-electron chi connectivity index (χ0n) is 9.49. The third kappa shape index (κ3) is 5.09. The van der Waals surface area contributed by atoms with E-state index in [1.54, 1.807) is 0 Å². The maximum absolute atomic E-state index is 11.7. The Labute approximate surface area is 103 Å². The van der Waals surface area contributed by atoms with Crippen molar-refractivity contribution in [2.24, 2.45) is 0 Å². The van der Waals surface area contributed by atoms with Crippen molar-refractivity contribution in [2.45, 2.75) is 25.3 Å². The predicted molar refractivity (Wildman–Crippen MR) is 68.9 cm³/mol. The van der Waals surface area contributed by atoms with Gasteiger partial charge < -0.3 is 10.2 Å². The van der Waals surface area contributed by atoms with Crippen LogP contribution in [0.5, 0.6) is 0 Å². The Kier molecular flexibility index (Phi) is 8.29. The average molecular weight is 253 g/mol. The normalized spacial score (nSPS) is 19.7. The molecule has 0 saturated carbocycles. The molecule has 15 heavy (non-hydrogen) atoms. The first-order chi connectivity index (χ1) is 6.75. The van der Waals surface area contributed by atoms with Crippen molar-refractivity contribution in [1.82, 2.24) is 10.2 Å². The second kappa shape index (κ2) is 8.25. The van der Waals surface area contributed by atoms with Crippen LogP contribution < -0.4 is 5.32 Å². The van der Waals surface area contributed by atoms with Crippen LogP contribution in [0.4, 0.5) is 0 Å². The Balaban J connectivity index is 0.00000196. The fraction of sp³-hybridized carbons (Fsp3) is 0.900. The Hall–Kier alpha value is 0.0700. The van der Waals surface area contributed by atoms with Crippen LogP contribution in [0.1, 0.15) is 19.3 Å². The number of rotatable bonds is 5. The summed E-state index contributed by atoms with van der Waals surface area (Å²) in [7, 11) is 3.86. The van der Waals surface area contributed by atoms with Gasteiger partial charge >= 0.3 is 0 Å². The highest BCUT2D eigenvalue weighted by Crippen LogP contribution is 2.21. The minimum absolute atomic E-state index is 0. The highest BCUT2D eigenvalue weighted by molar-refractivity contribution is 7.99. The van der Waals surface area contributed by atoms with Crippen LogP contribution in [0.25, 0.3) is 0 Å². The van der Waals surface area contributed by atoms with E-state index < -0.39 is 0 Å². The van der Waals surface area contributed by atoms with E-state index in [0.717, 1.165) is 18.7 Å². The van der Waals surface area contributed by atoms with Crippen molar-refractivity contribution in [2.75, 3.05) is 32.1 Å². The number of hydrogen-bond acceptors (Lipinski definition) is 3. The summed E-state index contributed by atoms with van der Waals surface area (Å²) in [6.07, 6.45) is 2.79. The highest BCUT2D eigenvalue weighted by Gasteiger charge is 2.22. The van der Waals surface area contributed by atoms with Crippen molar-refractivity contribution >= 4 is 30.1 Å². The summed E-state index contributed by atoms with van der Waals surface area (Å²) in [6, 6.07) is 0.488. The van der Waals surface area contributed by atoms with Gasteiger partial charge in [-0.15, -0.1) is 12.4 Å². The summed E-state index contributed by atoms with van der Waals surface area (Å²) in [5.74, 6) is 2.63. The fourth-order valence-electron chi connectivity index (χ4n) is 1.62. The number of nitrogens with zero attached hydrogens (tertiary/aromatic N) is 1. The number of hydrogen-bond donors (Lipinski definition) is 1. The van der Waals surface area contributed by atoms with Crippen LogP contribution in [-0.2, 0) is 4.79 Å². The van der Waals surface area contributed by atoms with E-state index in [1.807, 2.05) is 30.8 Å². The zero-order valence-corrected chi connectivity index (χ0v) is 11.1. The first-order valence-electron chi connectivity index (χ1n) is 5.23. The zero-order chi connectivity index (χ0) is 10.4. The number of carbonyl (C=O) groups excluding carboxylic acids is 1. The molecule has 1 amide bonds. The minimum atomic E-state index is 0. The van der Waals surface area contributed by atoms with Gasteiger partial charge in [0.2, 0.25) is 5.91 Å². The molecule has 0 radical (unpaired) electrons. The van der Waals surface area contributed by atoms with Gasteiger partial charge in [0, 0.05) is 25.3 Å². The number of thioether (sulfide) groups is 1. The van der Waals surface area contributed by atoms with E-state index in [2.05, 4.69) is 5.32 Å². The summed E-state index contributed by atoms with van der Waals surface area (Å²) in [5, 5.41) is 3.06. The van der Waals surface area contributed by atoms with E-state index in [9.17, 15) is 4.79 Å². The average Bonchev–Trinajstić information content (AvgIpc) is 2.69. The van der Waals surface area contributed by atoms with Crippen LogP contribution in [0, 0.1) is 0 Å². The monoisotopic (exact) mass is 252 g/mol. The van der Waals surface area contributed by atoms with Crippen LogP contribution in [0.3, 0.4) is 0 Å². The third-order valence-electron chi connectivity index (χ3n) is 2.66. The number of amides is 1. The van der Waals surface area contributed by atoms with Crippen molar-refractivity contribution in [1.29, 1.82) is 0 Å². The molecule has 1 N–H and O–H groups in total. The molecule has 3 nitrogen and oxygen atoms in total. The van der Waals surface area contributed by atoms with Gasteiger partial charge in [-0.3, -0.25) is 4.79 Å². The van der Waals surface area contributed by atoms with E-state index in [1.165, 1.54) is 12.2 Å². The smallest absolute Gasteiger partial charge is 0.222 e. The van der Waals surface area contributed by atoms with E-state index in [4.69, 9.17) is 0 Å². The maximum Gasteiger partial charge on any atom is 0.222 e. The molecule has 1 aliphatic heterocycles. The molecule has 1 heterocycles. The second-order valence-corrected chi connectivity index (χ2v) is 4.88. The molecule has 1 atom stereocenters. The molecule has 0 aliphatic carbocycles. The van der Waals surface area contributed by atoms with Crippen molar-refractivity contribution in [3.8, 4) is 0 Å². The molecule has 1 rings (SSSR count). The molecule has 5 heteroatoms. The Morgan fingerprint density at radius 1 is 1.60 bits per heavy atom. The van der Waals surface area contributed by atoms with Gasteiger partial charge in [0.15, 0.2) is 0 Å². The Bertz CT molecular complexity index is 186. The predicted octanol–water partition coefficient (Wildman–Crippen LogP) is 1.37. The topological polar surface area (TPSA) is 32.3 Å². The largest absolute Gasteiger partial charge is 0.342 e. The van der Waals surface area contributed by atoms with E-state index in [0.29, 0.717) is 18.4 Å². The molecule has 1 aliphatic rings. The standard InChI is InChI=1S/C10H20N2OS.ClH/c1-11-6-3-4-10(13)12(2)9-5-7-14-8-9;/h9,11H,3-8H2,1-2H3;1H. The summed E-state index contributed by atoms with van der Waals surface area (Å²) in [5.41, 5.74) is 0. The molecule has 0 bridgehead atoms. The maximum atomic E-state index is 11.7. The molecule has 1 unspecified atom stereocenters. The first kappa shape index (κ1) is 15.1. The SMILES string of the molecule is CNCCCC(=O)N(C)C1CCSC1.Cl. The minimum Gasteiger partial charge on any atom is -0.342 e. The van der Waals surface area contributed by atoms with Gasteiger partial charge in [0.1, 0.15) is 0 Å². The molecule has 1 fully saturated rings. The molecule has 0 aromatic carbocycles. The van der Waals surface area contributed by atoms with Crippen LogP contribution in [-0.4, -0.2) is 49.0 Å². The molecule has 90 valence electrons. The van der Waals surface area contributed by atoms with Crippen molar-refractivity contribution in [3.05, 3.63) is 0 Å². The Morgan fingerprint density at radius 2 is 2.33 bits per heavy atom. The van der Waals surface area contributed by atoms with E-state index in [-0.39, 0.29) is 12.4 Å². The molecule has 1 saturated heterocycles. The van der Waals surface area contributed by atoms with Gasteiger partial charge in [0.05, 0.1) is 0 Å². The summed E-state index contributed by atoms with van der Waals surface area (Å²) in [6.45, 7) is 0.930. The Morgan fingerprint density at radius 3 is 2.87 bits per heavy atom. The highest BCUT2D eigenvalue weighted by atomic mass is 35.5. The first-order valence-corrected chi connectivity index (χ1v) is 6.39. The van der Waals surface area contributed by atoms with Gasteiger partial charge in [-0.05, 0) is 32.2 Å². The summed E-state index contributed by atoms with van der Waals surface area (Å²) >= 11 is 1.95. The second-order valence-electron chi connectivity index (χ2n) is 3.73. The van der Waals surface area contributed by atoms with Gasteiger partial charge in [0.25, 0.3) is 0 Å². The summed E-state index contributed by atoms with van der Waals surface area (Å²) in [4.78, 5) is 13.6. The molecule has 0 aromatic rings. The molecular weight excluding hydrogens is 232 g/mol. The fourth-order valence-corrected chi connectivity index (χ4v) is 2.89. The van der Waals surface area contributed by atoms with Gasteiger partial charge in [-0.25, -0.2) is 0 Å². The summed E-state index contributed by atoms with van der Waals surface area (Å²) < 4.78 is 0. The van der Waals surface area contributed by atoms with Crippen molar-refractivity contribution < 1.29 is 4.79 Å². The molecule has 0 aromatic heterocycles. The van der Waals surface area contributed by atoms with Crippen LogP contribution in [0.2, 0.25) is 0 Å². The lowest BCUT2D eigenvalue weighted by atomic mass is 10.2. The quantitative estimate of drug-likeness (QED) is 0.751. The molecular formula is C10H21ClN2OS. The lowest BCUT2D eigenvalue weighted by molar-refractivity contribution is -0.131. The van der Waals surface area contributed by atoms with Gasteiger partial charge in [-0.1, -0.05) is 0 Å². The van der Waals surface area contributed by atoms with Crippen molar-refractivity contribution in [3.63, 3.8) is 0 Å². The lowest BCUT2D eigenvalue weighted by Crippen LogP contribution is -2.37. The van der Waals surface area contributed by atoms with Crippen LogP contribution in [0.15, 0.2) is 0 Å². The third-order valence-corrected chi connectivity index (χ3v) is 3.81.